The Morgan fingerprint density at radius 2 is 1.76 bits per heavy atom. The fourth-order valence-electron chi connectivity index (χ4n) is 2.24. The van der Waals surface area contributed by atoms with Crippen LogP contribution in [0.25, 0.3) is 6.08 Å². The number of nitrogens with two attached hydrogens (primary N) is 1. The Kier molecular flexibility index (Phi) is 6.89. The summed E-state index contributed by atoms with van der Waals surface area (Å²) in [4.78, 5) is 10.8. The number of primary amides is 1. The van der Waals surface area contributed by atoms with Crippen molar-refractivity contribution in [2.45, 2.75) is 20.5 Å². The molecule has 2 aromatic carbocycles. The van der Waals surface area contributed by atoms with Gasteiger partial charge in [0.2, 0.25) is 5.91 Å². The van der Waals surface area contributed by atoms with E-state index in [1.165, 1.54) is 6.08 Å². The first-order chi connectivity index (χ1) is 12.1. The molecule has 0 spiro atoms. The highest BCUT2D eigenvalue weighted by Crippen LogP contribution is 2.29. The molecule has 1 amide bonds. The molecular weight excluding hydrogens is 318 g/mol. The van der Waals surface area contributed by atoms with Crippen LogP contribution in [0, 0.1) is 0 Å². The van der Waals surface area contributed by atoms with Gasteiger partial charge in [-0.3, -0.25) is 4.79 Å². The Balaban J connectivity index is 2.06. The zero-order valence-electron chi connectivity index (χ0n) is 14.5. The second-order valence-corrected chi connectivity index (χ2v) is 5.24. The Morgan fingerprint density at radius 1 is 1.00 bits per heavy atom. The Labute approximate surface area is 148 Å². The van der Waals surface area contributed by atoms with Crippen LogP contribution in [0.2, 0.25) is 0 Å². The topological polar surface area (TPSA) is 70.8 Å². The van der Waals surface area contributed by atoms with Crippen molar-refractivity contribution in [1.29, 1.82) is 0 Å². The number of hydrogen-bond donors (Lipinski definition) is 1. The SMILES string of the molecule is CCOc1ccc(COc2cccc(/C=C\C(N)=O)c2)cc1OCC. The molecule has 5 nitrogen and oxygen atoms in total. The van der Waals surface area contributed by atoms with E-state index in [1.807, 2.05) is 56.3 Å². The molecular formula is C20H23NO4. The third-order valence-electron chi connectivity index (χ3n) is 3.31. The summed E-state index contributed by atoms with van der Waals surface area (Å²) in [6, 6.07) is 13.2. The number of amides is 1. The lowest BCUT2D eigenvalue weighted by Gasteiger charge is -2.13. The van der Waals surface area contributed by atoms with Crippen LogP contribution in [-0.4, -0.2) is 19.1 Å². The lowest BCUT2D eigenvalue weighted by Crippen LogP contribution is -2.05. The first kappa shape index (κ1) is 18.4. The van der Waals surface area contributed by atoms with E-state index in [1.54, 1.807) is 6.08 Å². The maximum Gasteiger partial charge on any atom is 0.241 e. The van der Waals surface area contributed by atoms with Crippen LogP contribution in [0.5, 0.6) is 17.2 Å². The largest absolute Gasteiger partial charge is 0.490 e. The van der Waals surface area contributed by atoms with Crippen molar-refractivity contribution in [3.63, 3.8) is 0 Å². The van der Waals surface area contributed by atoms with Gasteiger partial charge in [-0.25, -0.2) is 0 Å². The van der Waals surface area contributed by atoms with E-state index in [-0.39, 0.29) is 0 Å². The highest BCUT2D eigenvalue weighted by Gasteiger charge is 2.07. The summed E-state index contributed by atoms with van der Waals surface area (Å²) in [5.41, 5.74) is 6.93. The van der Waals surface area contributed by atoms with Crippen molar-refractivity contribution in [3.8, 4) is 17.2 Å². The van der Waals surface area contributed by atoms with Crippen LogP contribution in [0.15, 0.2) is 48.5 Å². The van der Waals surface area contributed by atoms with Crippen LogP contribution in [0.3, 0.4) is 0 Å². The van der Waals surface area contributed by atoms with Gasteiger partial charge in [-0.15, -0.1) is 0 Å². The van der Waals surface area contributed by atoms with E-state index in [4.69, 9.17) is 19.9 Å². The van der Waals surface area contributed by atoms with Crippen molar-refractivity contribution in [2.24, 2.45) is 5.73 Å². The van der Waals surface area contributed by atoms with Crippen molar-refractivity contribution in [2.75, 3.05) is 13.2 Å². The van der Waals surface area contributed by atoms with E-state index in [9.17, 15) is 4.79 Å². The number of carbonyl (C=O) groups is 1. The number of rotatable bonds is 9. The molecule has 0 unspecified atom stereocenters. The van der Waals surface area contributed by atoms with Gasteiger partial charge in [-0.2, -0.15) is 0 Å². The minimum Gasteiger partial charge on any atom is -0.490 e. The summed E-state index contributed by atoms with van der Waals surface area (Å²) in [5, 5.41) is 0. The molecule has 0 radical (unpaired) electrons. The lowest BCUT2D eigenvalue weighted by molar-refractivity contribution is -0.113. The first-order valence-corrected chi connectivity index (χ1v) is 8.21. The molecule has 132 valence electrons. The number of carbonyl (C=O) groups excluding carboxylic acids is 1. The third kappa shape index (κ3) is 5.88. The third-order valence-corrected chi connectivity index (χ3v) is 3.31. The van der Waals surface area contributed by atoms with Gasteiger partial charge < -0.3 is 19.9 Å². The van der Waals surface area contributed by atoms with Crippen molar-refractivity contribution in [3.05, 3.63) is 59.7 Å². The summed E-state index contributed by atoms with van der Waals surface area (Å²) in [7, 11) is 0. The predicted octanol–water partition coefficient (Wildman–Crippen LogP) is 3.56. The molecule has 0 atom stereocenters. The molecule has 2 rings (SSSR count). The molecule has 25 heavy (non-hydrogen) atoms. The molecule has 0 bridgehead atoms. The predicted molar refractivity (Wildman–Crippen MR) is 97.8 cm³/mol. The van der Waals surface area contributed by atoms with Gasteiger partial charge >= 0.3 is 0 Å². The number of ether oxygens (including phenoxy) is 3. The van der Waals surface area contributed by atoms with Crippen LogP contribution < -0.4 is 19.9 Å². The summed E-state index contributed by atoms with van der Waals surface area (Å²) in [5.74, 6) is 1.66. The second-order valence-electron chi connectivity index (χ2n) is 5.24. The minimum absolute atomic E-state index is 0.398. The Bertz CT molecular complexity index is 740. The molecule has 5 heteroatoms. The fraction of sp³-hybridized carbons (Fsp3) is 0.250. The van der Waals surface area contributed by atoms with Gasteiger partial charge in [0.1, 0.15) is 12.4 Å². The van der Waals surface area contributed by atoms with E-state index < -0.39 is 5.91 Å². The van der Waals surface area contributed by atoms with Gasteiger partial charge in [0, 0.05) is 6.08 Å². The summed E-state index contributed by atoms with van der Waals surface area (Å²) in [6.07, 6.45) is 2.97. The first-order valence-electron chi connectivity index (χ1n) is 8.21. The number of hydrogen-bond acceptors (Lipinski definition) is 4. The molecule has 0 fully saturated rings. The summed E-state index contributed by atoms with van der Waals surface area (Å²) < 4.78 is 17.0. The molecule has 0 aliphatic carbocycles. The maximum atomic E-state index is 10.8. The fourth-order valence-corrected chi connectivity index (χ4v) is 2.24. The molecule has 2 aromatic rings. The van der Waals surface area contributed by atoms with Gasteiger partial charge in [0.05, 0.1) is 13.2 Å². The Morgan fingerprint density at radius 3 is 2.48 bits per heavy atom. The average molecular weight is 341 g/mol. The zero-order valence-corrected chi connectivity index (χ0v) is 14.5. The molecule has 0 aromatic heterocycles. The van der Waals surface area contributed by atoms with E-state index in [0.29, 0.717) is 31.3 Å². The molecule has 0 saturated heterocycles. The van der Waals surface area contributed by atoms with Crippen molar-refractivity contribution < 1.29 is 19.0 Å². The van der Waals surface area contributed by atoms with Crippen LogP contribution in [-0.2, 0) is 11.4 Å². The summed E-state index contributed by atoms with van der Waals surface area (Å²) >= 11 is 0. The molecule has 0 saturated carbocycles. The smallest absolute Gasteiger partial charge is 0.241 e. The van der Waals surface area contributed by atoms with Gasteiger partial charge in [0.25, 0.3) is 0 Å². The van der Waals surface area contributed by atoms with Gasteiger partial charge in [-0.05, 0) is 55.3 Å². The van der Waals surface area contributed by atoms with Gasteiger partial charge in [0.15, 0.2) is 11.5 Å². The molecule has 2 N–H and O–H groups in total. The monoisotopic (exact) mass is 341 g/mol. The highest BCUT2D eigenvalue weighted by atomic mass is 16.5. The molecule has 0 aliphatic rings. The van der Waals surface area contributed by atoms with Crippen LogP contribution in [0.1, 0.15) is 25.0 Å². The van der Waals surface area contributed by atoms with E-state index in [2.05, 4.69) is 0 Å². The Hall–Kier alpha value is -2.95. The quantitative estimate of drug-likeness (QED) is 0.708. The van der Waals surface area contributed by atoms with Crippen molar-refractivity contribution >= 4 is 12.0 Å². The minimum atomic E-state index is -0.482. The van der Waals surface area contributed by atoms with E-state index in [0.717, 1.165) is 16.9 Å². The normalized spacial score (nSPS) is 10.6. The summed E-state index contributed by atoms with van der Waals surface area (Å²) in [6.45, 7) is 5.42. The lowest BCUT2D eigenvalue weighted by atomic mass is 10.2. The average Bonchev–Trinajstić information content (AvgIpc) is 2.61. The highest BCUT2D eigenvalue weighted by molar-refractivity contribution is 5.90. The maximum absolute atomic E-state index is 10.8. The van der Waals surface area contributed by atoms with Crippen LogP contribution in [0.4, 0.5) is 0 Å². The standard InChI is InChI=1S/C20H23NO4/c1-3-23-18-10-8-16(13-19(18)24-4-2)14-25-17-7-5-6-15(12-17)9-11-20(21)22/h5-13H,3-4,14H2,1-2H3,(H2,21,22)/b11-9-. The molecule has 0 heterocycles. The van der Waals surface area contributed by atoms with Crippen molar-refractivity contribution in [1.82, 2.24) is 0 Å². The second kappa shape index (κ2) is 9.37. The van der Waals surface area contributed by atoms with E-state index >= 15 is 0 Å². The number of benzene rings is 2. The van der Waals surface area contributed by atoms with Gasteiger partial charge in [-0.1, -0.05) is 18.2 Å². The molecule has 0 aliphatic heterocycles. The van der Waals surface area contributed by atoms with Crippen LogP contribution >= 0.6 is 0 Å². The zero-order chi connectivity index (χ0) is 18.1.